The molecule has 0 unspecified atom stereocenters. The predicted molar refractivity (Wildman–Crippen MR) is 113 cm³/mol. The van der Waals surface area contributed by atoms with Crippen molar-refractivity contribution in [1.82, 2.24) is 15.1 Å². The molecular formula is C21H22N4O4S. The van der Waals surface area contributed by atoms with Crippen LogP contribution in [-0.2, 0) is 23.0 Å². The van der Waals surface area contributed by atoms with E-state index in [1.165, 1.54) is 28.9 Å². The van der Waals surface area contributed by atoms with Gasteiger partial charge in [-0.05, 0) is 42.7 Å². The second kappa shape index (κ2) is 9.02. The molecule has 0 fully saturated rings. The summed E-state index contributed by atoms with van der Waals surface area (Å²) in [6.07, 6.45) is 0.500. The monoisotopic (exact) mass is 426 g/mol. The molecule has 0 spiro atoms. The molecule has 9 heteroatoms. The molecular weight excluding hydrogens is 404 g/mol. The van der Waals surface area contributed by atoms with Gasteiger partial charge in [-0.25, -0.2) is 18.2 Å². The number of amides is 1. The van der Waals surface area contributed by atoms with E-state index < -0.39 is 15.9 Å². The lowest BCUT2D eigenvalue weighted by atomic mass is 10.1. The van der Waals surface area contributed by atoms with Gasteiger partial charge in [0.15, 0.2) is 0 Å². The van der Waals surface area contributed by atoms with E-state index in [-0.39, 0.29) is 22.7 Å². The number of sulfonamides is 1. The number of nitrogens with two attached hydrogens (primary N) is 1. The maximum absolute atomic E-state index is 12.4. The minimum Gasteiger partial charge on any atom is -0.350 e. The molecule has 2 aromatic carbocycles. The van der Waals surface area contributed by atoms with Crippen LogP contribution in [0.4, 0.5) is 0 Å². The number of hydrogen-bond acceptors (Lipinski definition) is 5. The Morgan fingerprint density at radius 1 is 1.00 bits per heavy atom. The van der Waals surface area contributed by atoms with Crippen molar-refractivity contribution in [3.05, 3.63) is 93.4 Å². The molecule has 8 nitrogen and oxygen atoms in total. The Kier molecular flexibility index (Phi) is 6.43. The first-order valence-corrected chi connectivity index (χ1v) is 10.8. The maximum Gasteiger partial charge on any atom is 0.271 e. The summed E-state index contributed by atoms with van der Waals surface area (Å²) in [6.45, 7) is 2.58. The van der Waals surface area contributed by atoms with E-state index in [4.69, 9.17) is 5.14 Å². The second-order valence-electron chi connectivity index (χ2n) is 6.89. The lowest BCUT2D eigenvalue weighted by molar-refractivity contribution is 0.0946. The highest BCUT2D eigenvalue weighted by atomic mass is 32.2. The molecule has 3 rings (SSSR count). The number of nitrogens with zero attached hydrogens (tertiary/aromatic N) is 2. The number of hydrogen-bond donors (Lipinski definition) is 2. The number of carbonyl (C=O) groups is 1. The number of primary sulfonamides is 1. The van der Waals surface area contributed by atoms with E-state index in [0.717, 1.165) is 16.7 Å². The SMILES string of the molecule is Cc1ccc(Cn2nc(C(=O)NCCc3ccc(S(N)(=O)=O)cc3)ccc2=O)cc1. The Hall–Kier alpha value is -3.30. The topological polar surface area (TPSA) is 124 Å². The van der Waals surface area contributed by atoms with Crippen molar-refractivity contribution in [1.29, 1.82) is 0 Å². The zero-order valence-corrected chi connectivity index (χ0v) is 17.2. The van der Waals surface area contributed by atoms with Crippen molar-refractivity contribution in [2.45, 2.75) is 24.8 Å². The van der Waals surface area contributed by atoms with Gasteiger partial charge < -0.3 is 5.32 Å². The fourth-order valence-electron chi connectivity index (χ4n) is 2.81. The van der Waals surface area contributed by atoms with Crippen molar-refractivity contribution in [2.75, 3.05) is 6.54 Å². The predicted octanol–water partition coefficient (Wildman–Crippen LogP) is 1.22. The average molecular weight is 426 g/mol. The molecule has 3 aromatic rings. The highest BCUT2D eigenvalue weighted by Gasteiger charge is 2.10. The summed E-state index contributed by atoms with van der Waals surface area (Å²) in [6, 6.07) is 16.6. The van der Waals surface area contributed by atoms with Crippen molar-refractivity contribution in [3.63, 3.8) is 0 Å². The normalized spacial score (nSPS) is 11.3. The van der Waals surface area contributed by atoms with Crippen LogP contribution < -0.4 is 16.0 Å². The summed E-state index contributed by atoms with van der Waals surface area (Å²) < 4.78 is 23.8. The van der Waals surface area contributed by atoms with Gasteiger partial charge in [0.1, 0.15) is 5.69 Å². The summed E-state index contributed by atoms with van der Waals surface area (Å²) in [5.74, 6) is -0.395. The largest absolute Gasteiger partial charge is 0.350 e. The molecule has 0 atom stereocenters. The quantitative estimate of drug-likeness (QED) is 0.588. The molecule has 1 aromatic heterocycles. The van der Waals surface area contributed by atoms with E-state index in [9.17, 15) is 18.0 Å². The molecule has 1 amide bonds. The van der Waals surface area contributed by atoms with Gasteiger partial charge in [0, 0.05) is 12.6 Å². The second-order valence-corrected chi connectivity index (χ2v) is 8.46. The van der Waals surface area contributed by atoms with Gasteiger partial charge in [-0.3, -0.25) is 9.59 Å². The zero-order valence-electron chi connectivity index (χ0n) is 16.4. The average Bonchev–Trinajstić information content (AvgIpc) is 2.71. The summed E-state index contributed by atoms with van der Waals surface area (Å²) in [4.78, 5) is 24.5. The molecule has 3 N–H and O–H groups in total. The molecule has 0 bridgehead atoms. The molecule has 0 saturated heterocycles. The van der Waals surface area contributed by atoms with Gasteiger partial charge in [-0.1, -0.05) is 42.0 Å². The van der Waals surface area contributed by atoms with Crippen LogP contribution in [0.3, 0.4) is 0 Å². The molecule has 0 radical (unpaired) electrons. The maximum atomic E-state index is 12.4. The minimum atomic E-state index is -3.73. The fraction of sp³-hybridized carbons (Fsp3) is 0.190. The highest BCUT2D eigenvalue weighted by Crippen LogP contribution is 2.09. The number of aromatic nitrogens is 2. The van der Waals surface area contributed by atoms with Crippen LogP contribution in [0, 0.1) is 6.92 Å². The Labute approximate surface area is 174 Å². The van der Waals surface area contributed by atoms with E-state index in [1.54, 1.807) is 12.1 Å². The lowest BCUT2D eigenvalue weighted by Crippen LogP contribution is -2.31. The Morgan fingerprint density at radius 2 is 1.63 bits per heavy atom. The zero-order chi connectivity index (χ0) is 21.7. The number of rotatable bonds is 7. The standard InChI is InChI=1S/C21H22N4O4S/c1-15-2-4-17(5-3-15)14-25-20(26)11-10-19(24-25)21(27)23-13-12-16-6-8-18(9-7-16)30(22,28)29/h2-11H,12-14H2,1H3,(H,23,27)(H2,22,28,29). The summed E-state index contributed by atoms with van der Waals surface area (Å²) >= 11 is 0. The number of carbonyl (C=O) groups excluding carboxylic acids is 1. The Bertz CT molecular complexity index is 1200. The van der Waals surface area contributed by atoms with Crippen LogP contribution in [0.1, 0.15) is 27.2 Å². The molecule has 1 heterocycles. The van der Waals surface area contributed by atoms with Crippen LogP contribution in [-0.4, -0.2) is 30.7 Å². The number of nitrogens with one attached hydrogen (secondary N) is 1. The first-order chi connectivity index (χ1) is 14.2. The van der Waals surface area contributed by atoms with E-state index in [1.807, 2.05) is 31.2 Å². The number of aryl methyl sites for hydroxylation is 1. The molecule has 0 saturated carbocycles. The minimum absolute atomic E-state index is 0.0373. The van der Waals surface area contributed by atoms with Gasteiger partial charge in [-0.2, -0.15) is 5.10 Å². The van der Waals surface area contributed by atoms with Crippen LogP contribution in [0.15, 0.2) is 70.4 Å². The Balaban J connectivity index is 1.61. The van der Waals surface area contributed by atoms with Crippen LogP contribution in [0.25, 0.3) is 0 Å². The molecule has 0 aliphatic rings. The molecule has 0 aliphatic heterocycles. The molecule has 30 heavy (non-hydrogen) atoms. The van der Waals surface area contributed by atoms with Crippen LogP contribution in [0.5, 0.6) is 0 Å². The van der Waals surface area contributed by atoms with E-state index in [0.29, 0.717) is 13.0 Å². The molecule has 156 valence electrons. The highest BCUT2D eigenvalue weighted by molar-refractivity contribution is 7.89. The molecule has 0 aliphatic carbocycles. The van der Waals surface area contributed by atoms with Gasteiger partial charge in [0.2, 0.25) is 10.0 Å². The summed E-state index contributed by atoms with van der Waals surface area (Å²) in [7, 11) is -3.73. The Morgan fingerprint density at radius 3 is 2.27 bits per heavy atom. The fourth-order valence-corrected chi connectivity index (χ4v) is 3.32. The summed E-state index contributed by atoms with van der Waals surface area (Å²) in [5.41, 5.74) is 2.73. The first kappa shape index (κ1) is 21.4. The van der Waals surface area contributed by atoms with Crippen molar-refractivity contribution < 1.29 is 13.2 Å². The summed E-state index contributed by atoms with van der Waals surface area (Å²) in [5, 5.41) is 12.0. The van der Waals surface area contributed by atoms with Crippen LogP contribution in [0.2, 0.25) is 0 Å². The third kappa shape index (κ3) is 5.62. The van der Waals surface area contributed by atoms with Gasteiger partial charge >= 0.3 is 0 Å². The van der Waals surface area contributed by atoms with E-state index in [2.05, 4.69) is 10.4 Å². The van der Waals surface area contributed by atoms with Crippen LogP contribution >= 0.6 is 0 Å². The van der Waals surface area contributed by atoms with Gasteiger partial charge in [-0.15, -0.1) is 0 Å². The van der Waals surface area contributed by atoms with Gasteiger partial charge in [0.25, 0.3) is 11.5 Å². The smallest absolute Gasteiger partial charge is 0.271 e. The van der Waals surface area contributed by atoms with Crippen molar-refractivity contribution in [2.24, 2.45) is 5.14 Å². The third-order valence-electron chi connectivity index (χ3n) is 4.50. The van der Waals surface area contributed by atoms with Gasteiger partial charge in [0.05, 0.1) is 11.4 Å². The number of benzene rings is 2. The van der Waals surface area contributed by atoms with Crippen molar-refractivity contribution in [3.8, 4) is 0 Å². The lowest BCUT2D eigenvalue weighted by Gasteiger charge is -2.09. The third-order valence-corrected chi connectivity index (χ3v) is 5.43. The first-order valence-electron chi connectivity index (χ1n) is 9.26. The van der Waals surface area contributed by atoms with E-state index >= 15 is 0 Å². The van der Waals surface area contributed by atoms with Crippen molar-refractivity contribution >= 4 is 15.9 Å².